The van der Waals surface area contributed by atoms with E-state index in [9.17, 15) is 4.79 Å². The predicted octanol–water partition coefficient (Wildman–Crippen LogP) is 2.44. The summed E-state index contributed by atoms with van der Waals surface area (Å²) in [5, 5.41) is 3.53. The van der Waals surface area contributed by atoms with Crippen LogP contribution in [-0.2, 0) is 6.54 Å². The lowest BCUT2D eigenvalue weighted by Crippen LogP contribution is -2.27. The van der Waals surface area contributed by atoms with Crippen molar-refractivity contribution in [3.05, 3.63) is 52.9 Å². The Labute approximate surface area is 122 Å². The molecular weight excluding hydrogens is 276 g/mol. The molecule has 0 unspecified atom stereocenters. The van der Waals surface area contributed by atoms with E-state index in [1.54, 1.807) is 31.1 Å². The number of rotatable bonds is 4. The van der Waals surface area contributed by atoms with E-state index in [0.29, 0.717) is 23.1 Å². The Morgan fingerprint density at radius 2 is 1.95 bits per heavy atom. The monoisotopic (exact) mass is 290 g/mol. The van der Waals surface area contributed by atoms with E-state index in [1.807, 2.05) is 12.1 Å². The Morgan fingerprint density at radius 1 is 1.25 bits per heavy atom. The molecule has 1 heterocycles. The van der Waals surface area contributed by atoms with Gasteiger partial charge in [0.15, 0.2) is 0 Å². The van der Waals surface area contributed by atoms with Gasteiger partial charge in [0.2, 0.25) is 0 Å². The first-order valence-electron chi connectivity index (χ1n) is 6.10. The zero-order valence-corrected chi connectivity index (χ0v) is 12.1. The Balaban J connectivity index is 2.05. The minimum absolute atomic E-state index is 0.171. The number of carbonyl (C=O) groups excluding carboxylic acids is 1. The van der Waals surface area contributed by atoms with Gasteiger partial charge in [0.05, 0.1) is 12.4 Å². The highest BCUT2D eigenvalue weighted by Crippen LogP contribution is 2.12. The summed E-state index contributed by atoms with van der Waals surface area (Å²) in [4.78, 5) is 22.0. The average Bonchev–Trinajstić information content (AvgIpc) is 2.49. The van der Waals surface area contributed by atoms with E-state index in [1.165, 1.54) is 12.4 Å². The first kappa shape index (κ1) is 14.3. The number of aromatic nitrogens is 2. The number of amides is 1. The fraction of sp³-hybridized carbons (Fsp3) is 0.214. The molecule has 1 N–H and O–H groups in total. The van der Waals surface area contributed by atoms with Gasteiger partial charge in [-0.1, -0.05) is 23.7 Å². The van der Waals surface area contributed by atoms with Gasteiger partial charge in [-0.05, 0) is 17.7 Å². The third kappa shape index (κ3) is 3.45. The molecular formula is C14H15ClN4O. The first-order valence-corrected chi connectivity index (χ1v) is 6.47. The van der Waals surface area contributed by atoms with Gasteiger partial charge in [0.25, 0.3) is 5.91 Å². The van der Waals surface area contributed by atoms with Gasteiger partial charge >= 0.3 is 0 Å². The smallest absolute Gasteiger partial charge is 0.274 e. The molecule has 6 heteroatoms. The van der Waals surface area contributed by atoms with Crippen molar-refractivity contribution in [3.63, 3.8) is 0 Å². The minimum atomic E-state index is -0.171. The molecule has 20 heavy (non-hydrogen) atoms. The number of nitrogens with one attached hydrogen (secondary N) is 1. The van der Waals surface area contributed by atoms with Gasteiger partial charge in [0, 0.05) is 25.7 Å². The Hall–Kier alpha value is -2.14. The molecule has 0 fully saturated rings. The van der Waals surface area contributed by atoms with E-state index < -0.39 is 0 Å². The summed E-state index contributed by atoms with van der Waals surface area (Å²) in [5.74, 6) is 0.456. The maximum atomic E-state index is 12.2. The standard InChI is InChI=1S/C14H15ClN4O/c1-16-13-8-17-12(7-18-13)14(20)19(2)9-10-3-5-11(15)6-4-10/h3-8H,9H2,1-2H3,(H,16,18). The van der Waals surface area contributed by atoms with Crippen LogP contribution in [0.3, 0.4) is 0 Å². The van der Waals surface area contributed by atoms with Crippen molar-refractivity contribution in [2.45, 2.75) is 6.54 Å². The van der Waals surface area contributed by atoms with Gasteiger partial charge in [0.1, 0.15) is 11.5 Å². The van der Waals surface area contributed by atoms with Crippen LogP contribution < -0.4 is 5.32 Å². The normalized spacial score (nSPS) is 10.2. The fourth-order valence-corrected chi connectivity index (χ4v) is 1.82. The number of anilines is 1. The van der Waals surface area contributed by atoms with E-state index in [0.717, 1.165) is 5.56 Å². The summed E-state index contributed by atoms with van der Waals surface area (Å²) in [7, 11) is 3.47. The van der Waals surface area contributed by atoms with Crippen LogP contribution in [0.25, 0.3) is 0 Å². The lowest BCUT2D eigenvalue weighted by Gasteiger charge is -2.16. The van der Waals surface area contributed by atoms with Crippen LogP contribution in [0.1, 0.15) is 16.1 Å². The lowest BCUT2D eigenvalue weighted by atomic mass is 10.2. The van der Waals surface area contributed by atoms with E-state index in [4.69, 9.17) is 11.6 Å². The van der Waals surface area contributed by atoms with Crippen LogP contribution in [0.15, 0.2) is 36.7 Å². The molecule has 0 radical (unpaired) electrons. The summed E-state index contributed by atoms with van der Waals surface area (Å²) in [5.41, 5.74) is 1.32. The third-order valence-corrected chi connectivity index (χ3v) is 3.06. The summed E-state index contributed by atoms with van der Waals surface area (Å²) in [6.07, 6.45) is 3.00. The SMILES string of the molecule is CNc1cnc(C(=O)N(C)Cc2ccc(Cl)cc2)cn1. The zero-order valence-electron chi connectivity index (χ0n) is 11.3. The van der Waals surface area contributed by atoms with Crippen molar-refractivity contribution in [1.29, 1.82) is 0 Å². The molecule has 0 saturated carbocycles. The van der Waals surface area contributed by atoms with Crippen molar-refractivity contribution in [3.8, 4) is 0 Å². The second-order valence-electron chi connectivity index (χ2n) is 4.32. The first-order chi connectivity index (χ1) is 9.60. The van der Waals surface area contributed by atoms with Crippen molar-refractivity contribution in [1.82, 2.24) is 14.9 Å². The van der Waals surface area contributed by atoms with Crippen LogP contribution >= 0.6 is 11.6 Å². The topological polar surface area (TPSA) is 58.1 Å². The molecule has 2 aromatic rings. The van der Waals surface area contributed by atoms with E-state index >= 15 is 0 Å². The Bertz CT molecular complexity index is 583. The molecule has 0 aliphatic carbocycles. The molecule has 0 aliphatic rings. The Kier molecular flexibility index (Phi) is 4.53. The van der Waals surface area contributed by atoms with Gasteiger partial charge in [-0.25, -0.2) is 9.97 Å². The highest BCUT2D eigenvalue weighted by Gasteiger charge is 2.13. The number of hydrogen-bond acceptors (Lipinski definition) is 4. The molecule has 0 spiro atoms. The molecule has 0 bridgehead atoms. The largest absolute Gasteiger partial charge is 0.372 e. The Morgan fingerprint density at radius 3 is 2.50 bits per heavy atom. The van der Waals surface area contributed by atoms with Gasteiger partial charge in [-0.3, -0.25) is 4.79 Å². The summed E-state index contributed by atoms with van der Waals surface area (Å²) >= 11 is 5.83. The van der Waals surface area contributed by atoms with Crippen LogP contribution in [0.2, 0.25) is 5.02 Å². The second-order valence-corrected chi connectivity index (χ2v) is 4.76. The lowest BCUT2D eigenvalue weighted by molar-refractivity contribution is 0.0779. The highest BCUT2D eigenvalue weighted by atomic mass is 35.5. The van der Waals surface area contributed by atoms with Crippen LogP contribution in [-0.4, -0.2) is 34.9 Å². The molecule has 0 aliphatic heterocycles. The quantitative estimate of drug-likeness (QED) is 0.940. The molecule has 1 amide bonds. The fourth-order valence-electron chi connectivity index (χ4n) is 1.70. The molecule has 104 valence electrons. The minimum Gasteiger partial charge on any atom is -0.372 e. The highest BCUT2D eigenvalue weighted by molar-refractivity contribution is 6.30. The third-order valence-electron chi connectivity index (χ3n) is 2.81. The number of halogens is 1. The van der Waals surface area contributed by atoms with Crippen molar-refractivity contribution < 1.29 is 4.79 Å². The molecule has 2 rings (SSSR count). The number of benzene rings is 1. The summed E-state index contributed by atoms with van der Waals surface area (Å²) < 4.78 is 0. The van der Waals surface area contributed by atoms with Gasteiger partial charge in [-0.2, -0.15) is 0 Å². The molecule has 0 atom stereocenters. The van der Waals surface area contributed by atoms with E-state index in [-0.39, 0.29) is 5.91 Å². The maximum Gasteiger partial charge on any atom is 0.274 e. The maximum absolute atomic E-state index is 12.2. The number of carbonyl (C=O) groups is 1. The van der Waals surface area contributed by atoms with Crippen molar-refractivity contribution in [2.24, 2.45) is 0 Å². The molecule has 1 aromatic heterocycles. The molecule has 5 nitrogen and oxygen atoms in total. The average molecular weight is 291 g/mol. The van der Waals surface area contributed by atoms with Gasteiger partial charge < -0.3 is 10.2 Å². The van der Waals surface area contributed by atoms with Crippen LogP contribution in [0, 0.1) is 0 Å². The van der Waals surface area contributed by atoms with E-state index in [2.05, 4.69) is 15.3 Å². The molecule has 1 aromatic carbocycles. The summed E-state index contributed by atoms with van der Waals surface area (Å²) in [6.45, 7) is 0.492. The number of nitrogens with zero attached hydrogens (tertiary/aromatic N) is 3. The molecule has 0 saturated heterocycles. The second kappa shape index (κ2) is 6.34. The number of hydrogen-bond donors (Lipinski definition) is 1. The van der Waals surface area contributed by atoms with Crippen LogP contribution in [0.5, 0.6) is 0 Å². The summed E-state index contributed by atoms with van der Waals surface area (Å²) in [6, 6.07) is 7.39. The predicted molar refractivity (Wildman–Crippen MR) is 78.8 cm³/mol. The van der Waals surface area contributed by atoms with Crippen molar-refractivity contribution in [2.75, 3.05) is 19.4 Å². The van der Waals surface area contributed by atoms with Crippen molar-refractivity contribution >= 4 is 23.3 Å². The van der Waals surface area contributed by atoms with Crippen LogP contribution in [0.4, 0.5) is 5.82 Å². The van der Waals surface area contributed by atoms with Gasteiger partial charge in [-0.15, -0.1) is 0 Å². The zero-order chi connectivity index (χ0) is 14.5.